The van der Waals surface area contributed by atoms with Crippen LogP contribution in [-0.2, 0) is 11.3 Å². The number of carbonyl (C=O) groups is 1. The van der Waals surface area contributed by atoms with E-state index >= 15 is 0 Å². The molecular formula is C19H18N4O3. The highest BCUT2D eigenvalue weighted by molar-refractivity contribution is 5.93. The number of para-hydroxylation sites is 1. The van der Waals surface area contributed by atoms with E-state index in [9.17, 15) is 9.59 Å². The van der Waals surface area contributed by atoms with Gasteiger partial charge in [-0.15, -0.1) is 0 Å². The van der Waals surface area contributed by atoms with E-state index < -0.39 is 5.97 Å². The van der Waals surface area contributed by atoms with Gasteiger partial charge in [-0.25, -0.2) is 4.79 Å². The molecule has 3 rings (SSSR count). The Hall–Kier alpha value is -3.48. The first kappa shape index (κ1) is 17.3. The number of benzene rings is 1. The summed E-state index contributed by atoms with van der Waals surface area (Å²) in [5.74, 6) is -0.592. The Balaban J connectivity index is 1.98. The van der Waals surface area contributed by atoms with Crippen LogP contribution in [0.5, 0.6) is 0 Å². The van der Waals surface area contributed by atoms with Gasteiger partial charge in [-0.3, -0.25) is 9.78 Å². The Morgan fingerprint density at radius 2 is 2.00 bits per heavy atom. The van der Waals surface area contributed by atoms with Gasteiger partial charge >= 0.3 is 5.97 Å². The van der Waals surface area contributed by atoms with E-state index in [1.165, 1.54) is 10.7 Å². The van der Waals surface area contributed by atoms with Crippen LogP contribution >= 0.6 is 0 Å². The van der Waals surface area contributed by atoms with Crippen molar-refractivity contribution in [1.29, 1.82) is 0 Å². The van der Waals surface area contributed by atoms with Crippen molar-refractivity contribution in [3.8, 4) is 5.69 Å². The number of nitrogens with one attached hydrogen (secondary N) is 1. The molecule has 0 unspecified atom stereocenters. The molecule has 0 amide bonds. The third-order valence-corrected chi connectivity index (χ3v) is 3.61. The number of hydrogen-bond acceptors (Lipinski definition) is 6. The largest absolute Gasteiger partial charge is 0.461 e. The number of esters is 1. The maximum atomic E-state index is 12.5. The highest BCUT2D eigenvalue weighted by Gasteiger charge is 2.18. The molecule has 2 heterocycles. The number of rotatable bonds is 6. The number of hydrogen-bond donors (Lipinski definition) is 1. The second-order valence-electron chi connectivity index (χ2n) is 5.43. The molecule has 0 fully saturated rings. The summed E-state index contributed by atoms with van der Waals surface area (Å²) >= 11 is 0. The topological polar surface area (TPSA) is 86.1 Å². The van der Waals surface area contributed by atoms with Gasteiger partial charge in [0.15, 0.2) is 5.69 Å². The van der Waals surface area contributed by atoms with Crippen LogP contribution in [0.4, 0.5) is 5.69 Å². The summed E-state index contributed by atoms with van der Waals surface area (Å²) in [6.45, 7) is 2.33. The van der Waals surface area contributed by atoms with Gasteiger partial charge in [-0.1, -0.05) is 24.3 Å². The minimum Gasteiger partial charge on any atom is -0.461 e. The maximum absolute atomic E-state index is 12.5. The fourth-order valence-electron chi connectivity index (χ4n) is 2.40. The molecule has 26 heavy (non-hydrogen) atoms. The van der Waals surface area contributed by atoms with Gasteiger partial charge in [0, 0.05) is 25.0 Å². The molecule has 0 saturated heterocycles. The van der Waals surface area contributed by atoms with Crippen molar-refractivity contribution < 1.29 is 9.53 Å². The van der Waals surface area contributed by atoms with Gasteiger partial charge < -0.3 is 10.1 Å². The fourth-order valence-corrected chi connectivity index (χ4v) is 2.40. The van der Waals surface area contributed by atoms with Crippen molar-refractivity contribution in [2.75, 3.05) is 11.9 Å². The summed E-state index contributed by atoms with van der Waals surface area (Å²) in [4.78, 5) is 28.8. The quantitative estimate of drug-likeness (QED) is 0.687. The minimum absolute atomic E-state index is 0.0548. The Morgan fingerprint density at radius 3 is 2.69 bits per heavy atom. The van der Waals surface area contributed by atoms with Crippen LogP contribution < -0.4 is 10.9 Å². The highest BCUT2D eigenvalue weighted by atomic mass is 16.5. The van der Waals surface area contributed by atoms with Crippen LogP contribution in [0.1, 0.15) is 23.0 Å². The van der Waals surface area contributed by atoms with Crippen molar-refractivity contribution in [3.05, 3.63) is 82.5 Å². The Bertz CT molecular complexity index is 940. The standard InChI is InChI=1S/C19H18N4O3/c1-2-26-19(25)18-16(21-13-14-7-6-10-20-12-14)11-17(24)23(22-18)15-8-4-3-5-9-15/h3-12,21H,2,13H2,1H3. The van der Waals surface area contributed by atoms with Gasteiger partial charge in [0.25, 0.3) is 5.56 Å². The van der Waals surface area contributed by atoms with Gasteiger partial charge in [0.2, 0.25) is 0 Å². The first-order valence-corrected chi connectivity index (χ1v) is 8.18. The van der Waals surface area contributed by atoms with Gasteiger partial charge in [-0.05, 0) is 30.7 Å². The molecule has 7 nitrogen and oxygen atoms in total. The summed E-state index contributed by atoms with van der Waals surface area (Å²) in [6.07, 6.45) is 3.38. The lowest BCUT2D eigenvalue weighted by Gasteiger charge is -2.13. The van der Waals surface area contributed by atoms with E-state index in [1.54, 1.807) is 43.6 Å². The molecular weight excluding hydrogens is 332 g/mol. The molecule has 0 spiro atoms. The van der Waals surface area contributed by atoms with Crippen molar-refractivity contribution in [3.63, 3.8) is 0 Å². The van der Waals surface area contributed by atoms with Crippen LogP contribution in [0.25, 0.3) is 5.69 Å². The highest BCUT2D eigenvalue weighted by Crippen LogP contribution is 2.15. The lowest BCUT2D eigenvalue weighted by Crippen LogP contribution is -2.25. The lowest BCUT2D eigenvalue weighted by molar-refractivity contribution is 0.0518. The van der Waals surface area contributed by atoms with Crippen LogP contribution in [0, 0.1) is 0 Å². The van der Waals surface area contributed by atoms with E-state index in [2.05, 4.69) is 15.4 Å². The molecule has 0 radical (unpaired) electrons. The summed E-state index contributed by atoms with van der Waals surface area (Å²) in [5, 5.41) is 7.30. The molecule has 3 aromatic rings. The predicted molar refractivity (Wildman–Crippen MR) is 97.4 cm³/mol. The number of anilines is 1. The van der Waals surface area contributed by atoms with E-state index in [4.69, 9.17) is 4.74 Å². The number of carbonyl (C=O) groups excluding carboxylic acids is 1. The summed E-state index contributed by atoms with van der Waals surface area (Å²) in [5.41, 5.74) is 1.51. The van der Waals surface area contributed by atoms with Crippen LogP contribution in [0.2, 0.25) is 0 Å². The molecule has 0 atom stereocenters. The van der Waals surface area contributed by atoms with Gasteiger partial charge in [0.1, 0.15) is 0 Å². The monoisotopic (exact) mass is 350 g/mol. The molecule has 1 N–H and O–H groups in total. The second-order valence-corrected chi connectivity index (χ2v) is 5.43. The summed E-state index contributed by atoms with van der Waals surface area (Å²) in [7, 11) is 0. The molecule has 0 aliphatic heterocycles. The SMILES string of the molecule is CCOC(=O)c1nn(-c2ccccc2)c(=O)cc1NCc1cccnc1. The van der Waals surface area contributed by atoms with Crippen LogP contribution in [0.3, 0.4) is 0 Å². The van der Waals surface area contributed by atoms with Gasteiger partial charge in [0.05, 0.1) is 18.0 Å². The minimum atomic E-state index is -0.592. The molecule has 7 heteroatoms. The third-order valence-electron chi connectivity index (χ3n) is 3.61. The average Bonchev–Trinajstić information content (AvgIpc) is 2.68. The zero-order chi connectivity index (χ0) is 18.4. The fraction of sp³-hybridized carbons (Fsp3) is 0.158. The molecule has 0 aliphatic carbocycles. The maximum Gasteiger partial charge on any atom is 0.360 e. The zero-order valence-electron chi connectivity index (χ0n) is 14.3. The number of pyridine rings is 1. The zero-order valence-corrected chi connectivity index (χ0v) is 14.3. The third kappa shape index (κ3) is 3.94. The van der Waals surface area contributed by atoms with Crippen LogP contribution in [-0.4, -0.2) is 27.3 Å². The number of aromatic nitrogens is 3. The Morgan fingerprint density at radius 1 is 1.19 bits per heavy atom. The first-order chi connectivity index (χ1) is 12.7. The average molecular weight is 350 g/mol. The van der Waals surface area contributed by atoms with Gasteiger partial charge in [-0.2, -0.15) is 9.78 Å². The predicted octanol–water partition coefficient (Wildman–Crippen LogP) is 2.42. The molecule has 2 aromatic heterocycles. The van der Waals surface area contributed by atoms with Crippen molar-refractivity contribution >= 4 is 11.7 Å². The summed E-state index contributed by atoms with van der Waals surface area (Å²) < 4.78 is 6.26. The van der Waals surface area contributed by atoms with E-state index in [0.717, 1.165) is 5.56 Å². The van der Waals surface area contributed by atoms with E-state index in [1.807, 2.05) is 18.2 Å². The molecule has 132 valence electrons. The molecule has 0 bridgehead atoms. The van der Waals surface area contributed by atoms with Crippen molar-refractivity contribution in [1.82, 2.24) is 14.8 Å². The molecule has 0 saturated carbocycles. The molecule has 1 aromatic carbocycles. The van der Waals surface area contributed by atoms with Crippen LogP contribution in [0.15, 0.2) is 65.7 Å². The summed E-state index contributed by atoms with van der Waals surface area (Å²) in [6, 6.07) is 14.0. The van der Waals surface area contributed by atoms with E-state index in [-0.39, 0.29) is 17.9 Å². The van der Waals surface area contributed by atoms with Crippen molar-refractivity contribution in [2.24, 2.45) is 0 Å². The van der Waals surface area contributed by atoms with E-state index in [0.29, 0.717) is 17.9 Å². The normalized spacial score (nSPS) is 10.3. The Kier molecular flexibility index (Phi) is 5.38. The van der Waals surface area contributed by atoms with Crippen molar-refractivity contribution in [2.45, 2.75) is 13.5 Å². The number of nitrogens with zero attached hydrogens (tertiary/aromatic N) is 3. The molecule has 0 aliphatic rings. The first-order valence-electron chi connectivity index (χ1n) is 8.18. The number of ether oxygens (including phenoxy) is 1. The smallest absolute Gasteiger partial charge is 0.360 e. The lowest BCUT2D eigenvalue weighted by atomic mass is 10.2. The Labute approximate surface area is 150 Å². The second kappa shape index (κ2) is 8.06.